The molecule has 1 aliphatic carbocycles. The maximum atomic E-state index is 3.54. The van der Waals surface area contributed by atoms with E-state index in [9.17, 15) is 0 Å². The van der Waals surface area contributed by atoms with E-state index in [-0.39, 0.29) is 0 Å². The Bertz CT molecular complexity index is 561. The van der Waals surface area contributed by atoms with Crippen LogP contribution in [-0.2, 0) is 6.42 Å². The lowest BCUT2D eigenvalue weighted by atomic mass is 10.1. The Morgan fingerprint density at radius 3 is 2.44 bits per heavy atom. The lowest BCUT2D eigenvalue weighted by molar-refractivity contribution is 1.26. The topological polar surface area (TPSA) is 12.0 Å². The van der Waals surface area contributed by atoms with Crippen LogP contribution in [0.5, 0.6) is 0 Å². The van der Waals surface area contributed by atoms with Crippen molar-refractivity contribution in [3.8, 4) is 11.1 Å². The molecule has 0 unspecified atom stereocenters. The Labute approximate surface area is 104 Å². The van der Waals surface area contributed by atoms with Crippen molar-refractivity contribution >= 4 is 21.6 Å². The molecule has 0 aliphatic heterocycles. The highest BCUT2D eigenvalue weighted by atomic mass is 79.9. The van der Waals surface area contributed by atoms with Crippen molar-refractivity contribution < 1.29 is 0 Å². The van der Waals surface area contributed by atoms with E-state index in [1.54, 1.807) is 0 Å². The van der Waals surface area contributed by atoms with Gasteiger partial charge in [0.2, 0.25) is 0 Å². The van der Waals surface area contributed by atoms with Gasteiger partial charge in [0.1, 0.15) is 0 Å². The van der Waals surface area contributed by atoms with Crippen molar-refractivity contribution in [1.29, 1.82) is 0 Å². The fourth-order valence-corrected chi connectivity index (χ4v) is 2.66. The first kappa shape index (κ1) is 9.91. The van der Waals surface area contributed by atoms with E-state index >= 15 is 0 Å². The predicted octanol–water partition coefficient (Wildman–Crippen LogP) is 4.06. The highest BCUT2D eigenvalue weighted by Crippen LogP contribution is 2.39. The van der Waals surface area contributed by atoms with E-state index in [2.05, 4.69) is 57.6 Å². The average Bonchev–Trinajstić information content (AvgIpc) is 2.66. The summed E-state index contributed by atoms with van der Waals surface area (Å²) < 4.78 is 1.15. The molecule has 0 aromatic heterocycles. The van der Waals surface area contributed by atoms with Crippen molar-refractivity contribution in [3.63, 3.8) is 0 Å². The molecule has 80 valence electrons. The van der Waals surface area contributed by atoms with Crippen LogP contribution in [0.15, 0.2) is 40.9 Å². The normalized spacial score (nSPS) is 12.1. The molecule has 0 saturated heterocycles. The minimum atomic E-state index is 1.06. The van der Waals surface area contributed by atoms with Crippen LogP contribution in [0, 0.1) is 0 Å². The number of halogens is 1. The van der Waals surface area contributed by atoms with E-state index in [0.29, 0.717) is 0 Å². The summed E-state index contributed by atoms with van der Waals surface area (Å²) >= 11 is 3.54. The van der Waals surface area contributed by atoms with E-state index in [1.165, 1.54) is 27.9 Å². The van der Waals surface area contributed by atoms with Crippen LogP contribution in [0.25, 0.3) is 11.1 Å². The maximum absolute atomic E-state index is 3.54. The molecule has 1 N–H and O–H groups in total. The number of nitrogens with one attached hydrogen (secondary N) is 1. The van der Waals surface area contributed by atoms with Gasteiger partial charge in [-0.1, -0.05) is 28.1 Å². The third-order valence-corrected chi connectivity index (χ3v) is 3.63. The quantitative estimate of drug-likeness (QED) is 0.705. The second kappa shape index (κ2) is 3.63. The van der Waals surface area contributed by atoms with Gasteiger partial charge < -0.3 is 5.32 Å². The van der Waals surface area contributed by atoms with E-state index in [0.717, 1.165) is 10.9 Å². The van der Waals surface area contributed by atoms with Gasteiger partial charge in [0.25, 0.3) is 0 Å². The van der Waals surface area contributed by atoms with Crippen LogP contribution in [0.3, 0.4) is 0 Å². The molecule has 2 heteroatoms. The summed E-state index contributed by atoms with van der Waals surface area (Å²) in [6.07, 6.45) is 1.06. The van der Waals surface area contributed by atoms with Gasteiger partial charge in [0, 0.05) is 17.2 Å². The van der Waals surface area contributed by atoms with Crippen molar-refractivity contribution in [3.05, 3.63) is 52.0 Å². The highest BCUT2D eigenvalue weighted by molar-refractivity contribution is 9.10. The number of rotatable bonds is 1. The van der Waals surface area contributed by atoms with Crippen LogP contribution >= 0.6 is 15.9 Å². The van der Waals surface area contributed by atoms with Gasteiger partial charge in [-0.15, -0.1) is 0 Å². The molecular weight excluding hydrogens is 262 g/mol. The Balaban J connectivity index is 2.22. The molecule has 0 spiro atoms. The Kier molecular flexibility index (Phi) is 2.25. The summed E-state index contributed by atoms with van der Waals surface area (Å²) in [5, 5.41) is 3.19. The first-order valence-electron chi connectivity index (χ1n) is 5.37. The van der Waals surface area contributed by atoms with Crippen LogP contribution < -0.4 is 5.32 Å². The zero-order valence-corrected chi connectivity index (χ0v) is 10.6. The third kappa shape index (κ3) is 1.45. The number of benzene rings is 2. The van der Waals surface area contributed by atoms with Gasteiger partial charge >= 0.3 is 0 Å². The van der Waals surface area contributed by atoms with E-state index < -0.39 is 0 Å². The first-order valence-corrected chi connectivity index (χ1v) is 6.17. The Hall–Kier alpha value is -1.28. The van der Waals surface area contributed by atoms with Gasteiger partial charge in [0.05, 0.1) is 0 Å². The van der Waals surface area contributed by atoms with Crippen LogP contribution in [0.2, 0.25) is 0 Å². The Morgan fingerprint density at radius 1 is 1.00 bits per heavy atom. The smallest absolute Gasteiger partial charge is 0.0343 e. The summed E-state index contributed by atoms with van der Waals surface area (Å²) in [6.45, 7) is 0. The lowest BCUT2D eigenvalue weighted by Gasteiger charge is -2.05. The molecular formula is C14H12BrN. The average molecular weight is 274 g/mol. The zero-order valence-electron chi connectivity index (χ0n) is 9.05. The predicted molar refractivity (Wildman–Crippen MR) is 71.9 cm³/mol. The monoisotopic (exact) mass is 273 g/mol. The summed E-state index contributed by atoms with van der Waals surface area (Å²) in [7, 11) is 1.96. The molecule has 2 aromatic carbocycles. The molecule has 0 fully saturated rings. The van der Waals surface area contributed by atoms with Gasteiger partial charge in [0.15, 0.2) is 0 Å². The first-order chi connectivity index (χ1) is 7.78. The van der Waals surface area contributed by atoms with Crippen molar-refractivity contribution in [2.75, 3.05) is 12.4 Å². The maximum Gasteiger partial charge on any atom is 0.0343 e. The number of hydrogen-bond acceptors (Lipinski definition) is 1. The SMILES string of the molecule is CNc1ccc2c(c1)-c1cc(Br)ccc1C2. The van der Waals surface area contributed by atoms with Crippen molar-refractivity contribution in [2.45, 2.75) is 6.42 Å². The Morgan fingerprint density at radius 2 is 1.69 bits per heavy atom. The summed E-state index contributed by atoms with van der Waals surface area (Å²) in [6, 6.07) is 13.1. The lowest BCUT2D eigenvalue weighted by Crippen LogP contribution is -1.88. The molecule has 16 heavy (non-hydrogen) atoms. The minimum absolute atomic E-state index is 1.06. The van der Waals surface area contributed by atoms with Crippen LogP contribution in [-0.4, -0.2) is 7.05 Å². The molecule has 0 heterocycles. The van der Waals surface area contributed by atoms with Crippen LogP contribution in [0.1, 0.15) is 11.1 Å². The zero-order chi connectivity index (χ0) is 11.1. The highest BCUT2D eigenvalue weighted by Gasteiger charge is 2.18. The molecule has 0 bridgehead atoms. The molecule has 2 aromatic rings. The molecule has 0 radical (unpaired) electrons. The van der Waals surface area contributed by atoms with E-state index in [1.807, 2.05) is 7.05 Å². The molecule has 0 atom stereocenters. The summed E-state index contributed by atoms with van der Waals surface area (Å²) in [5.74, 6) is 0. The summed E-state index contributed by atoms with van der Waals surface area (Å²) in [5.41, 5.74) is 6.75. The van der Waals surface area contributed by atoms with Gasteiger partial charge in [-0.05, 0) is 52.9 Å². The fourth-order valence-electron chi connectivity index (χ4n) is 2.30. The van der Waals surface area contributed by atoms with Gasteiger partial charge in [-0.2, -0.15) is 0 Å². The summed E-state index contributed by atoms with van der Waals surface area (Å²) in [4.78, 5) is 0. The molecule has 1 nitrogen and oxygen atoms in total. The second-order valence-corrected chi connectivity index (χ2v) is 5.02. The number of fused-ring (bicyclic) bond motifs is 3. The molecule has 0 saturated carbocycles. The van der Waals surface area contributed by atoms with Gasteiger partial charge in [-0.25, -0.2) is 0 Å². The minimum Gasteiger partial charge on any atom is -0.388 e. The molecule has 3 rings (SSSR count). The van der Waals surface area contributed by atoms with Crippen molar-refractivity contribution in [1.82, 2.24) is 0 Å². The standard InChI is InChI=1S/C14H12BrN/c1-16-12-5-3-10-6-9-2-4-11(15)7-13(9)14(10)8-12/h2-5,7-8,16H,6H2,1H3. The third-order valence-electron chi connectivity index (χ3n) is 3.14. The number of hydrogen-bond donors (Lipinski definition) is 1. The fraction of sp³-hybridized carbons (Fsp3) is 0.143. The van der Waals surface area contributed by atoms with Gasteiger partial charge in [-0.3, -0.25) is 0 Å². The van der Waals surface area contributed by atoms with Crippen LogP contribution in [0.4, 0.5) is 5.69 Å². The number of anilines is 1. The molecule has 1 aliphatic rings. The molecule has 0 amide bonds. The largest absolute Gasteiger partial charge is 0.388 e. The second-order valence-electron chi connectivity index (χ2n) is 4.10. The van der Waals surface area contributed by atoms with Crippen molar-refractivity contribution in [2.24, 2.45) is 0 Å². The van der Waals surface area contributed by atoms with E-state index in [4.69, 9.17) is 0 Å².